The van der Waals surface area contributed by atoms with Crippen LogP contribution >= 0.6 is 0 Å². The van der Waals surface area contributed by atoms with Crippen LogP contribution in [-0.4, -0.2) is 18.5 Å². The molecule has 0 radical (unpaired) electrons. The summed E-state index contributed by atoms with van der Waals surface area (Å²) in [6.07, 6.45) is 4.50. The SMILES string of the molecule is CCCCCCOC(=O)C(CC)(CC)C(=O)Oc1cccc(F)c1. The van der Waals surface area contributed by atoms with Crippen molar-refractivity contribution in [1.82, 2.24) is 0 Å². The molecule has 5 heteroatoms. The van der Waals surface area contributed by atoms with Crippen LogP contribution in [0.3, 0.4) is 0 Å². The molecule has 0 heterocycles. The highest BCUT2D eigenvalue weighted by Gasteiger charge is 2.46. The summed E-state index contributed by atoms with van der Waals surface area (Å²) in [4.78, 5) is 25.0. The Bertz CT molecular complexity index is 538. The van der Waals surface area contributed by atoms with Crippen molar-refractivity contribution in [2.75, 3.05) is 6.61 Å². The number of carbonyl (C=O) groups is 2. The molecule has 0 amide bonds. The van der Waals surface area contributed by atoms with Crippen molar-refractivity contribution in [2.45, 2.75) is 59.3 Å². The summed E-state index contributed by atoms with van der Waals surface area (Å²) in [7, 11) is 0. The molecule has 0 N–H and O–H groups in total. The van der Waals surface area contributed by atoms with Gasteiger partial charge in [-0.1, -0.05) is 46.1 Å². The van der Waals surface area contributed by atoms with Crippen LogP contribution in [0.1, 0.15) is 59.3 Å². The Kier molecular flexibility index (Phi) is 8.44. The van der Waals surface area contributed by atoms with E-state index in [4.69, 9.17) is 9.47 Å². The molecule has 0 atom stereocenters. The largest absolute Gasteiger partial charge is 0.465 e. The number of rotatable bonds is 10. The summed E-state index contributed by atoms with van der Waals surface area (Å²) in [6.45, 7) is 5.89. The van der Waals surface area contributed by atoms with E-state index >= 15 is 0 Å². The van der Waals surface area contributed by atoms with E-state index < -0.39 is 23.2 Å². The minimum atomic E-state index is -1.35. The lowest BCUT2D eigenvalue weighted by atomic mass is 9.82. The molecule has 1 aromatic carbocycles. The second kappa shape index (κ2) is 10.1. The molecule has 0 bridgehead atoms. The second-order valence-electron chi connectivity index (χ2n) is 5.83. The standard InChI is InChI=1S/C19H27FO4/c1-4-7-8-9-13-23-17(21)19(5-2,6-3)18(22)24-16-12-10-11-15(20)14-16/h10-12,14H,4-9,13H2,1-3H3. The van der Waals surface area contributed by atoms with Gasteiger partial charge in [0.05, 0.1) is 6.61 Å². The summed E-state index contributed by atoms with van der Waals surface area (Å²) in [6, 6.07) is 5.30. The summed E-state index contributed by atoms with van der Waals surface area (Å²) in [5.74, 6) is -1.68. The van der Waals surface area contributed by atoms with Gasteiger partial charge in [0.1, 0.15) is 11.6 Å². The number of esters is 2. The van der Waals surface area contributed by atoms with Crippen LogP contribution in [0, 0.1) is 11.2 Å². The van der Waals surface area contributed by atoms with E-state index in [0.29, 0.717) is 6.61 Å². The molecule has 0 aliphatic heterocycles. The molecular weight excluding hydrogens is 311 g/mol. The highest BCUT2D eigenvalue weighted by atomic mass is 19.1. The van der Waals surface area contributed by atoms with Gasteiger partial charge < -0.3 is 9.47 Å². The van der Waals surface area contributed by atoms with Crippen LogP contribution in [0.2, 0.25) is 0 Å². The van der Waals surface area contributed by atoms with Gasteiger partial charge >= 0.3 is 11.9 Å². The number of benzene rings is 1. The first-order valence-electron chi connectivity index (χ1n) is 8.65. The number of carbonyl (C=O) groups excluding carboxylic acids is 2. The normalized spacial score (nSPS) is 11.2. The van der Waals surface area contributed by atoms with Crippen molar-refractivity contribution in [1.29, 1.82) is 0 Å². The van der Waals surface area contributed by atoms with Gasteiger partial charge in [-0.15, -0.1) is 0 Å². The number of halogens is 1. The molecule has 4 nitrogen and oxygen atoms in total. The van der Waals surface area contributed by atoms with E-state index in [9.17, 15) is 14.0 Å². The third kappa shape index (κ3) is 5.32. The Hall–Kier alpha value is -1.91. The Morgan fingerprint density at radius 3 is 2.33 bits per heavy atom. The molecule has 0 aromatic heterocycles. The number of unbranched alkanes of at least 4 members (excludes halogenated alkanes) is 3. The van der Waals surface area contributed by atoms with Crippen LogP contribution < -0.4 is 4.74 Å². The van der Waals surface area contributed by atoms with Gasteiger partial charge in [-0.05, 0) is 31.4 Å². The summed E-state index contributed by atoms with van der Waals surface area (Å²) in [5.41, 5.74) is -1.35. The molecule has 0 spiro atoms. The average molecular weight is 338 g/mol. The van der Waals surface area contributed by atoms with Crippen molar-refractivity contribution >= 4 is 11.9 Å². The van der Waals surface area contributed by atoms with Gasteiger partial charge in [-0.3, -0.25) is 9.59 Å². The molecule has 0 saturated heterocycles. The predicted molar refractivity (Wildman–Crippen MR) is 90.2 cm³/mol. The fraction of sp³-hybridized carbons (Fsp3) is 0.579. The molecule has 0 aliphatic rings. The van der Waals surface area contributed by atoms with E-state index in [1.54, 1.807) is 13.8 Å². The molecule has 24 heavy (non-hydrogen) atoms. The van der Waals surface area contributed by atoms with Crippen molar-refractivity contribution in [3.05, 3.63) is 30.1 Å². The van der Waals surface area contributed by atoms with Gasteiger partial charge in [0.2, 0.25) is 0 Å². The van der Waals surface area contributed by atoms with Crippen LogP contribution in [0.25, 0.3) is 0 Å². The molecule has 0 unspecified atom stereocenters. The summed E-state index contributed by atoms with van der Waals surface area (Å²) < 4.78 is 23.8. The first kappa shape index (κ1) is 20.1. The Morgan fingerprint density at radius 2 is 1.75 bits per heavy atom. The maximum atomic E-state index is 13.2. The lowest BCUT2D eigenvalue weighted by molar-refractivity contribution is -0.168. The topological polar surface area (TPSA) is 52.6 Å². The van der Waals surface area contributed by atoms with Gasteiger partial charge in [-0.2, -0.15) is 0 Å². The van der Waals surface area contributed by atoms with Gasteiger partial charge in [0, 0.05) is 6.07 Å². The van der Waals surface area contributed by atoms with Crippen molar-refractivity contribution in [3.63, 3.8) is 0 Å². The van der Waals surface area contributed by atoms with Crippen LogP contribution in [0.5, 0.6) is 5.75 Å². The Labute approximate surface area is 143 Å². The molecular formula is C19H27FO4. The monoisotopic (exact) mass is 338 g/mol. The van der Waals surface area contributed by atoms with Crippen LogP contribution in [0.15, 0.2) is 24.3 Å². The first-order chi connectivity index (χ1) is 11.5. The van der Waals surface area contributed by atoms with Gasteiger partial charge in [0.25, 0.3) is 0 Å². The minimum Gasteiger partial charge on any atom is -0.465 e. The Morgan fingerprint density at radius 1 is 1.04 bits per heavy atom. The van der Waals surface area contributed by atoms with Crippen LogP contribution in [0.4, 0.5) is 4.39 Å². The smallest absolute Gasteiger partial charge is 0.328 e. The van der Waals surface area contributed by atoms with Crippen molar-refractivity contribution < 1.29 is 23.5 Å². The van der Waals surface area contributed by atoms with E-state index in [1.807, 2.05) is 0 Å². The lowest BCUT2D eigenvalue weighted by Gasteiger charge is -2.26. The lowest BCUT2D eigenvalue weighted by Crippen LogP contribution is -2.42. The number of ether oxygens (including phenoxy) is 2. The quantitative estimate of drug-likeness (QED) is 0.269. The van der Waals surface area contributed by atoms with Gasteiger partial charge in [0.15, 0.2) is 5.41 Å². The zero-order valence-corrected chi connectivity index (χ0v) is 14.8. The fourth-order valence-corrected chi connectivity index (χ4v) is 2.48. The summed E-state index contributed by atoms with van der Waals surface area (Å²) in [5, 5.41) is 0. The van der Waals surface area contributed by atoms with Crippen molar-refractivity contribution in [2.24, 2.45) is 5.41 Å². The van der Waals surface area contributed by atoms with E-state index in [2.05, 4.69) is 6.92 Å². The molecule has 0 saturated carbocycles. The third-order valence-corrected chi connectivity index (χ3v) is 4.23. The molecule has 1 rings (SSSR count). The second-order valence-corrected chi connectivity index (χ2v) is 5.83. The van der Waals surface area contributed by atoms with E-state index in [-0.39, 0.29) is 18.6 Å². The predicted octanol–water partition coefficient (Wildman–Crippen LogP) is 4.66. The van der Waals surface area contributed by atoms with Gasteiger partial charge in [-0.25, -0.2) is 4.39 Å². The number of hydrogen-bond acceptors (Lipinski definition) is 4. The molecule has 0 fully saturated rings. The minimum absolute atomic E-state index is 0.0852. The van der Waals surface area contributed by atoms with Crippen molar-refractivity contribution in [3.8, 4) is 5.75 Å². The highest BCUT2D eigenvalue weighted by molar-refractivity contribution is 6.00. The molecule has 1 aromatic rings. The van der Waals surface area contributed by atoms with Crippen LogP contribution in [-0.2, 0) is 14.3 Å². The maximum Gasteiger partial charge on any atom is 0.328 e. The maximum absolute atomic E-state index is 13.2. The third-order valence-electron chi connectivity index (χ3n) is 4.23. The number of hydrogen-bond donors (Lipinski definition) is 0. The summed E-state index contributed by atoms with van der Waals surface area (Å²) >= 11 is 0. The Balaban J connectivity index is 2.74. The zero-order chi connectivity index (χ0) is 18.0. The molecule has 134 valence electrons. The fourth-order valence-electron chi connectivity index (χ4n) is 2.48. The average Bonchev–Trinajstić information content (AvgIpc) is 2.56. The molecule has 0 aliphatic carbocycles. The zero-order valence-electron chi connectivity index (χ0n) is 14.8. The van der Waals surface area contributed by atoms with E-state index in [1.165, 1.54) is 18.2 Å². The first-order valence-corrected chi connectivity index (χ1v) is 8.65. The van der Waals surface area contributed by atoms with E-state index in [0.717, 1.165) is 31.7 Å². The highest BCUT2D eigenvalue weighted by Crippen LogP contribution is 2.31.